The first-order valence-corrected chi connectivity index (χ1v) is 4.89. The molecule has 0 aliphatic rings. The van der Waals surface area contributed by atoms with Crippen LogP contribution in [0.3, 0.4) is 0 Å². The topological polar surface area (TPSA) is 67.3 Å². The van der Waals surface area contributed by atoms with E-state index in [0.717, 1.165) is 11.0 Å². The first-order chi connectivity index (χ1) is 7.88. The van der Waals surface area contributed by atoms with Crippen molar-refractivity contribution in [1.82, 2.24) is 24.9 Å². The molecule has 0 aliphatic carbocycles. The maximum Gasteiger partial charge on any atom is 0.142 e. The van der Waals surface area contributed by atoms with Crippen LogP contribution in [0.15, 0.2) is 43.4 Å². The number of hydrogen-bond acceptors (Lipinski definition) is 4. The third-order valence-corrected chi connectivity index (χ3v) is 2.08. The lowest BCUT2D eigenvalue weighted by molar-refractivity contribution is 1.17. The highest BCUT2D eigenvalue weighted by atomic mass is 35.5. The van der Waals surface area contributed by atoms with Crippen LogP contribution in [0, 0.1) is 0 Å². The predicted molar refractivity (Wildman–Crippen MR) is 60.9 cm³/mol. The minimum atomic E-state index is 0.492. The number of fused-ring (bicyclic) bond motifs is 1. The number of hydrogen-bond donors (Lipinski definition) is 1. The molecule has 0 amide bonds. The van der Waals surface area contributed by atoms with Crippen LogP contribution < -0.4 is 0 Å². The Labute approximate surface area is 96.6 Å². The van der Waals surface area contributed by atoms with E-state index in [1.54, 1.807) is 24.7 Å². The maximum absolute atomic E-state index is 5.73. The van der Waals surface area contributed by atoms with Crippen molar-refractivity contribution in [3.8, 4) is 0 Å². The van der Waals surface area contributed by atoms with E-state index in [9.17, 15) is 0 Å². The van der Waals surface area contributed by atoms with E-state index >= 15 is 0 Å². The van der Waals surface area contributed by atoms with Gasteiger partial charge in [0.25, 0.3) is 0 Å². The third-order valence-electron chi connectivity index (χ3n) is 1.78. The van der Waals surface area contributed by atoms with Crippen LogP contribution in [0.4, 0.5) is 0 Å². The molecule has 0 saturated heterocycles. The second-order valence-electron chi connectivity index (χ2n) is 2.81. The minimum Gasteiger partial charge on any atom is -0.346 e. The van der Waals surface area contributed by atoms with Crippen LogP contribution >= 0.6 is 11.6 Å². The van der Waals surface area contributed by atoms with Gasteiger partial charge in [0.15, 0.2) is 0 Å². The normalized spacial score (nSPS) is 9.56. The largest absolute Gasteiger partial charge is 0.346 e. The molecular weight excluding hydrogens is 226 g/mol. The van der Waals surface area contributed by atoms with Gasteiger partial charge < -0.3 is 4.98 Å². The Morgan fingerprint density at radius 1 is 1.06 bits per heavy atom. The van der Waals surface area contributed by atoms with E-state index in [0.29, 0.717) is 5.15 Å². The van der Waals surface area contributed by atoms with Gasteiger partial charge in [0.1, 0.15) is 23.5 Å². The maximum atomic E-state index is 5.73. The molecule has 16 heavy (non-hydrogen) atoms. The second kappa shape index (κ2) is 5.18. The Bertz CT molecular complexity index is 524. The van der Waals surface area contributed by atoms with Crippen molar-refractivity contribution in [2.45, 2.75) is 0 Å². The molecule has 3 rings (SSSR count). The van der Waals surface area contributed by atoms with Crippen LogP contribution in [0.25, 0.3) is 11.0 Å². The average Bonchev–Trinajstić information content (AvgIpc) is 2.82. The van der Waals surface area contributed by atoms with Crippen molar-refractivity contribution in [2.75, 3.05) is 0 Å². The van der Waals surface area contributed by atoms with E-state index < -0.39 is 0 Å². The first-order valence-electron chi connectivity index (χ1n) is 4.51. The van der Waals surface area contributed by atoms with Gasteiger partial charge in [0, 0.05) is 18.6 Å². The summed E-state index contributed by atoms with van der Waals surface area (Å²) in [6, 6.07) is 3.62. The molecular formula is C10H8ClN5. The van der Waals surface area contributed by atoms with Crippen molar-refractivity contribution >= 4 is 22.6 Å². The average molecular weight is 234 g/mol. The molecule has 0 unspecified atom stereocenters. The lowest BCUT2D eigenvalue weighted by atomic mass is 10.4. The summed E-state index contributed by atoms with van der Waals surface area (Å²) in [6.45, 7) is 0. The Morgan fingerprint density at radius 2 is 1.88 bits per heavy atom. The van der Waals surface area contributed by atoms with Gasteiger partial charge in [-0.05, 0) is 12.1 Å². The molecule has 1 N–H and O–H groups in total. The molecule has 0 bridgehead atoms. The van der Waals surface area contributed by atoms with Crippen LogP contribution in [-0.4, -0.2) is 24.9 Å². The van der Waals surface area contributed by atoms with Gasteiger partial charge in [-0.2, -0.15) is 0 Å². The smallest absolute Gasteiger partial charge is 0.142 e. The summed E-state index contributed by atoms with van der Waals surface area (Å²) < 4.78 is 0. The molecule has 6 heteroatoms. The summed E-state index contributed by atoms with van der Waals surface area (Å²) in [6.07, 6.45) is 8.09. The number of aromatic nitrogens is 5. The molecule has 5 nitrogen and oxygen atoms in total. The molecule has 0 saturated carbocycles. The third kappa shape index (κ3) is 2.52. The second-order valence-corrected chi connectivity index (χ2v) is 3.17. The van der Waals surface area contributed by atoms with Gasteiger partial charge in [-0.1, -0.05) is 11.6 Å². The van der Waals surface area contributed by atoms with Crippen molar-refractivity contribution in [3.63, 3.8) is 0 Å². The van der Waals surface area contributed by atoms with Crippen LogP contribution in [-0.2, 0) is 0 Å². The Balaban J connectivity index is 0.000000138. The highest BCUT2D eigenvalue weighted by molar-refractivity contribution is 6.33. The molecule has 0 aliphatic heterocycles. The van der Waals surface area contributed by atoms with E-state index in [-0.39, 0.29) is 0 Å². The summed E-state index contributed by atoms with van der Waals surface area (Å²) in [5.41, 5.74) is 0.778. The quantitative estimate of drug-likeness (QED) is 0.604. The number of aromatic amines is 1. The Morgan fingerprint density at radius 3 is 2.44 bits per heavy atom. The zero-order chi connectivity index (χ0) is 11.2. The fraction of sp³-hybridized carbons (Fsp3) is 0. The monoisotopic (exact) mass is 233 g/mol. The van der Waals surface area contributed by atoms with Crippen molar-refractivity contribution in [1.29, 1.82) is 0 Å². The van der Waals surface area contributed by atoms with Gasteiger partial charge in [0.2, 0.25) is 0 Å². The van der Waals surface area contributed by atoms with E-state index in [1.165, 1.54) is 12.7 Å². The van der Waals surface area contributed by atoms with E-state index in [1.807, 2.05) is 6.07 Å². The van der Waals surface area contributed by atoms with Gasteiger partial charge in [0.05, 0.1) is 5.39 Å². The molecule has 0 spiro atoms. The number of H-pyrrole nitrogens is 1. The molecule has 0 fully saturated rings. The standard InChI is InChI=1S/C6H4ClN3.C4H4N2/c7-5-4-1-2-8-6(4)10-3-9-5;1-2-5-4-6-3-1/h1-3H,(H,8,9,10);1-4H. The summed E-state index contributed by atoms with van der Waals surface area (Å²) in [5.74, 6) is 0. The zero-order valence-corrected chi connectivity index (χ0v) is 8.96. The van der Waals surface area contributed by atoms with Gasteiger partial charge in [-0.15, -0.1) is 0 Å². The Hall–Kier alpha value is -2.01. The van der Waals surface area contributed by atoms with Gasteiger partial charge >= 0.3 is 0 Å². The van der Waals surface area contributed by atoms with Gasteiger partial charge in [-0.3, -0.25) is 0 Å². The Kier molecular flexibility index (Phi) is 3.40. The molecule has 3 aromatic heterocycles. The molecule has 80 valence electrons. The SMILES string of the molecule is Clc1ncnc2[nH]ccc12.c1cncnc1. The van der Waals surface area contributed by atoms with Crippen molar-refractivity contribution < 1.29 is 0 Å². The first kappa shape index (κ1) is 10.5. The van der Waals surface area contributed by atoms with Gasteiger partial charge in [-0.25, -0.2) is 19.9 Å². The van der Waals surface area contributed by atoms with Crippen molar-refractivity contribution in [2.24, 2.45) is 0 Å². The number of nitrogens with zero attached hydrogens (tertiary/aromatic N) is 4. The molecule has 0 atom stereocenters. The van der Waals surface area contributed by atoms with E-state index in [2.05, 4.69) is 24.9 Å². The number of halogens is 1. The molecule has 0 radical (unpaired) electrons. The fourth-order valence-corrected chi connectivity index (χ4v) is 1.29. The van der Waals surface area contributed by atoms with E-state index in [4.69, 9.17) is 11.6 Å². The number of rotatable bonds is 0. The molecule has 3 aromatic rings. The highest BCUT2D eigenvalue weighted by Gasteiger charge is 1.98. The van der Waals surface area contributed by atoms with Crippen molar-refractivity contribution in [3.05, 3.63) is 48.5 Å². The summed E-state index contributed by atoms with van der Waals surface area (Å²) in [7, 11) is 0. The molecule has 0 aromatic carbocycles. The van der Waals surface area contributed by atoms with Crippen LogP contribution in [0.5, 0.6) is 0 Å². The predicted octanol–water partition coefficient (Wildman–Crippen LogP) is 2.09. The fourth-order valence-electron chi connectivity index (χ4n) is 1.09. The summed E-state index contributed by atoms with van der Waals surface area (Å²) in [5, 5.41) is 1.36. The highest BCUT2D eigenvalue weighted by Crippen LogP contribution is 2.16. The summed E-state index contributed by atoms with van der Waals surface area (Å²) >= 11 is 5.73. The van der Waals surface area contributed by atoms with Crippen LogP contribution in [0.2, 0.25) is 5.15 Å². The number of nitrogens with one attached hydrogen (secondary N) is 1. The lowest BCUT2D eigenvalue weighted by Crippen LogP contribution is -1.79. The lowest BCUT2D eigenvalue weighted by Gasteiger charge is -1.88. The minimum absolute atomic E-state index is 0.492. The molecule has 3 heterocycles. The summed E-state index contributed by atoms with van der Waals surface area (Å²) in [4.78, 5) is 18.0. The zero-order valence-electron chi connectivity index (χ0n) is 8.21. The van der Waals surface area contributed by atoms with Crippen LogP contribution in [0.1, 0.15) is 0 Å².